The van der Waals surface area contributed by atoms with Gasteiger partial charge in [-0.25, -0.2) is 4.79 Å². The van der Waals surface area contributed by atoms with Gasteiger partial charge in [-0.2, -0.15) is 0 Å². The third kappa shape index (κ3) is 2.58. The van der Waals surface area contributed by atoms with E-state index in [-0.39, 0.29) is 13.2 Å². The minimum Gasteiger partial charge on any atom is -0.479 e. The molecule has 0 heterocycles. The predicted octanol–water partition coefficient (Wildman–Crippen LogP) is 1.77. The molecule has 0 saturated carbocycles. The van der Waals surface area contributed by atoms with E-state index in [1.807, 2.05) is 18.2 Å². The van der Waals surface area contributed by atoms with Gasteiger partial charge in [-0.05, 0) is 36.1 Å². The summed E-state index contributed by atoms with van der Waals surface area (Å²) in [5.74, 6) is -0.954. The summed E-state index contributed by atoms with van der Waals surface area (Å²) in [6, 6.07) is 5.86. The predicted molar refractivity (Wildman–Crippen MR) is 69.6 cm³/mol. The van der Waals surface area contributed by atoms with Crippen molar-refractivity contribution in [3.63, 3.8) is 0 Å². The smallest absolute Gasteiger partial charge is 0.336 e. The van der Waals surface area contributed by atoms with Crippen LogP contribution in [0, 0.1) is 0 Å². The number of hydrogen-bond donors (Lipinski definition) is 2. The van der Waals surface area contributed by atoms with Crippen LogP contribution in [-0.4, -0.2) is 35.0 Å². The monoisotopic (exact) mass is 314 g/mol. The Labute approximate surface area is 114 Å². The van der Waals surface area contributed by atoms with Crippen LogP contribution < -0.4 is 0 Å². The second-order valence-electron chi connectivity index (χ2n) is 4.46. The number of aryl methyl sites for hydroxylation is 1. The average Bonchev–Trinajstić information content (AvgIpc) is 2.36. The van der Waals surface area contributed by atoms with Crippen LogP contribution >= 0.6 is 15.9 Å². The van der Waals surface area contributed by atoms with E-state index in [0.717, 1.165) is 15.6 Å². The Kier molecular flexibility index (Phi) is 4.04. The summed E-state index contributed by atoms with van der Waals surface area (Å²) in [5.41, 5.74) is 0.974. The number of fused-ring (bicyclic) bond motifs is 1. The molecule has 0 saturated heterocycles. The Balaban J connectivity index is 2.26. The van der Waals surface area contributed by atoms with Crippen LogP contribution in [0.1, 0.15) is 17.5 Å². The van der Waals surface area contributed by atoms with Gasteiger partial charge in [0.25, 0.3) is 0 Å². The average molecular weight is 315 g/mol. The summed E-state index contributed by atoms with van der Waals surface area (Å²) < 4.78 is 6.41. The first-order chi connectivity index (χ1) is 8.57. The molecule has 0 aromatic heterocycles. The Bertz CT molecular complexity index is 460. The Morgan fingerprint density at radius 1 is 1.44 bits per heavy atom. The highest BCUT2D eigenvalue weighted by Gasteiger charge is 2.42. The summed E-state index contributed by atoms with van der Waals surface area (Å²) in [7, 11) is 0. The third-order valence-electron chi connectivity index (χ3n) is 3.30. The number of hydrogen-bond acceptors (Lipinski definition) is 3. The summed E-state index contributed by atoms with van der Waals surface area (Å²) >= 11 is 3.41. The summed E-state index contributed by atoms with van der Waals surface area (Å²) in [6.07, 6.45) is 1.46. The fourth-order valence-corrected chi connectivity index (χ4v) is 2.75. The number of ether oxygens (including phenoxy) is 1. The van der Waals surface area contributed by atoms with Gasteiger partial charge in [-0.15, -0.1) is 0 Å². The molecule has 0 radical (unpaired) electrons. The number of aliphatic carboxylic acids is 1. The number of halogens is 1. The van der Waals surface area contributed by atoms with E-state index in [0.29, 0.717) is 19.3 Å². The van der Waals surface area contributed by atoms with Crippen LogP contribution in [0.2, 0.25) is 0 Å². The van der Waals surface area contributed by atoms with E-state index >= 15 is 0 Å². The van der Waals surface area contributed by atoms with Gasteiger partial charge < -0.3 is 14.9 Å². The first-order valence-electron chi connectivity index (χ1n) is 5.83. The number of benzene rings is 1. The molecular formula is C13H15BrO4. The maximum Gasteiger partial charge on any atom is 0.336 e. The second-order valence-corrected chi connectivity index (χ2v) is 5.38. The van der Waals surface area contributed by atoms with Crippen LogP contribution in [0.5, 0.6) is 0 Å². The number of carbonyl (C=O) groups is 1. The number of carboxylic acid groups (broad SMARTS) is 1. The van der Waals surface area contributed by atoms with Crippen molar-refractivity contribution in [3.05, 3.63) is 33.8 Å². The van der Waals surface area contributed by atoms with Crippen LogP contribution in [0.25, 0.3) is 0 Å². The van der Waals surface area contributed by atoms with Crippen LogP contribution in [0.15, 0.2) is 22.7 Å². The molecule has 1 aliphatic carbocycles. The Morgan fingerprint density at radius 2 is 2.22 bits per heavy atom. The second kappa shape index (κ2) is 5.38. The van der Waals surface area contributed by atoms with Gasteiger partial charge in [0.05, 0.1) is 13.2 Å². The summed E-state index contributed by atoms with van der Waals surface area (Å²) in [6.45, 7) is -0.111. The number of aliphatic hydroxyl groups is 1. The van der Waals surface area contributed by atoms with Gasteiger partial charge in [0.2, 0.25) is 0 Å². The van der Waals surface area contributed by atoms with E-state index in [1.54, 1.807) is 0 Å². The van der Waals surface area contributed by atoms with Crippen molar-refractivity contribution < 1.29 is 19.7 Å². The minimum atomic E-state index is -1.19. The molecule has 5 heteroatoms. The van der Waals surface area contributed by atoms with Crippen molar-refractivity contribution in [2.24, 2.45) is 0 Å². The lowest BCUT2D eigenvalue weighted by Crippen LogP contribution is -2.47. The zero-order valence-corrected chi connectivity index (χ0v) is 11.4. The van der Waals surface area contributed by atoms with Gasteiger partial charge in [0.15, 0.2) is 5.60 Å². The molecule has 18 heavy (non-hydrogen) atoms. The van der Waals surface area contributed by atoms with Crippen molar-refractivity contribution >= 4 is 21.9 Å². The van der Waals surface area contributed by atoms with Gasteiger partial charge in [-0.1, -0.05) is 22.0 Å². The van der Waals surface area contributed by atoms with Gasteiger partial charge in [0.1, 0.15) is 0 Å². The lowest BCUT2D eigenvalue weighted by molar-refractivity contribution is -0.169. The van der Waals surface area contributed by atoms with Crippen molar-refractivity contribution in [3.8, 4) is 0 Å². The van der Waals surface area contributed by atoms with E-state index in [9.17, 15) is 9.90 Å². The minimum absolute atomic E-state index is 0.0537. The standard InChI is InChI=1S/C13H15BrO4/c14-11-2-1-10-8-13(12(16)17,18-6-5-15)4-3-9(10)7-11/h1-2,7,15H,3-6,8H2,(H,16,17). The quantitative estimate of drug-likeness (QED) is 0.889. The van der Waals surface area contributed by atoms with E-state index in [2.05, 4.69) is 15.9 Å². The number of aliphatic hydroxyl groups excluding tert-OH is 1. The summed E-state index contributed by atoms with van der Waals surface area (Å²) in [5, 5.41) is 18.2. The van der Waals surface area contributed by atoms with Gasteiger partial charge in [-0.3, -0.25) is 0 Å². The molecule has 0 aliphatic heterocycles. The fourth-order valence-electron chi connectivity index (χ4n) is 2.34. The molecule has 0 fully saturated rings. The zero-order valence-electron chi connectivity index (χ0n) is 9.86. The maximum atomic E-state index is 11.4. The molecule has 1 atom stereocenters. The van der Waals surface area contributed by atoms with Crippen molar-refractivity contribution in [1.82, 2.24) is 0 Å². The fraction of sp³-hybridized carbons (Fsp3) is 0.462. The molecule has 98 valence electrons. The van der Waals surface area contributed by atoms with Gasteiger partial charge >= 0.3 is 5.97 Å². The Morgan fingerprint density at radius 3 is 2.89 bits per heavy atom. The SMILES string of the molecule is O=C(O)C1(OCCO)CCc2cc(Br)ccc2C1. The van der Waals surface area contributed by atoms with Crippen molar-refractivity contribution in [2.75, 3.05) is 13.2 Å². The zero-order chi connectivity index (χ0) is 13.2. The maximum absolute atomic E-state index is 11.4. The molecule has 1 aromatic rings. The van der Waals surface area contributed by atoms with E-state index in [4.69, 9.17) is 9.84 Å². The highest BCUT2D eigenvalue weighted by molar-refractivity contribution is 9.10. The molecule has 1 unspecified atom stereocenters. The molecule has 4 nitrogen and oxygen atoms in total. The largest absolute Gasteiger partial charge is 0.479 e. The third-order valence-corrected chi connectivity index (χ3v) is 3.80. The van der Waals surface area contributed by atoms with Gasteiger partial charge in [0, 0.05) is 10.9 Å². The highest BCUT2D eigenvalue weighted by atomic mass is 79.9. The van der Waals surface area contributed by atoms with Crippen molar-refractivity contribution in [2.45, 2.75) is 24.9 Å². The molecule has 2 N–H and O–H groups in total. The van der Waals surface area contributed by atoms with E-state index in [1.165, 1.54) is 0 Å². The summed E-state index contributed by atoms with van der Waals surface area (Å²) in [4.78, 5) is 11.4. The van der Waals surface area contributed by atoms with E-state index < -0.39 is 11.6 Å². The van der Waals surface area contributed by atoms with Crippen LogP contribution in [0.3, 0.4) is 0 Å². The molecule has 1 aliphatic rings. The molecule has 0 amide bonds. The normalized spacial score (nSPS) is 22.6. The number of rotatable bonds is 4. The molecular weight excluding hydrogens is 300 g/mol. The Hall–Kier alpha value is -0.910. The first kappa shape index (κ1) is 13.5. The highest BCUT2D eigenvalue weighted by Crippen LogP contribution is 2.33. The van der Waals surface area contributed by atoms with Crippen LogP contribution in [-0.2, 0) is 22.4 Å². The molecule has 2 rings (SSSR count). The topological polar surface area (TPSA) is 66.8 Å². The molecule has 1 aromatic carbocycles. The molecule has 0 spiro atoms. The van der Waals surface area contributed by atoms with Crippen molar-refractivity contribution in [1.29, 1.82) is 0 Å². The number of carboxylic acids is 1. The molecule has 0 bridgehead atoms. The van der Waals surface area contributed by atoms with Crippen LogP contribution in [0.4, 0.5) is 0 Å². The lowest BCUT2D eigenvalue weighted by Gasteiger charge is -2.34. The lowest BCUT2D eigenvalue weighted by atomic mass is 9.80. The first-order valence-corrected chi connectivity index (χ1v) is 6.62.